The van der Waals surface area contributed by atoms with Gasteiger partial charge >= 0.3 is 0 Å². The Bertz CT molecular complexity index is 348. The van der Waals surface area contributed by atoms with Gasteiger partial charge in [-0.25, -0.2) is 8.78 Å². The average molecular weight is 269 g/mol. The molecule has 0 aliphatic heterocycles. The van der Waals surface area contributed by atoms with E-state index in [1.54, 1.807) is 18.2 Å². The predicted octanol–water partition coefficient (Wildman–Crippen LogP) is 2.85. The summed E-state index contributed by atoms with van der Waals surface area (Å²) >= 11 is 11.8. The Morgan fingerprint density at radius 3 is 2.56 bits per heavy atom. The number of rotatable bonds is 5. The zero-order chi connectivity index (χ0) is 12.1. The monoisotopic (exact) mass is 268 g/mol. The third-order valence-electron chi connectivity index (χ3n) is 2.11. The Hall–Kier alpha value is -0.420. The van der Waals surface area contributed by atoms with Crippen molar-refractivity contribution >= 4 is 23.2 Å². The molecule has 0 saturated heterocycles. The molecule has 1 unspecified atom stereocenters. The summed E-state index contributed by atoms with van der Waals surface area (Å²) in [7, 11) is 0. The number of hydrogen-bond acceptors (Lipinski definition) is 2. The standard InChI is InChI=1S/C10H12Cl2F2N2/c11-7-3-1-2-6(10(7)12)8(4-15)16-5-9(13)14/h1-3,8-9,16H,4-5,15H2. The minimum atomic E-state index is -2.42. The lowest BCUT2D eigenvalue weighted by molar-refractivity contribution is 0.141. The molecule has 1 aromatic carbocycles. The van der Waals surface area contributed by atoms with Crippen LogP contribution >= 0.6 is 23.2 Å². The highest BCUT2D eigenvalue weighted by Gasteiger charge is 2.15. The van der Waals surface area contributed by atoms with Gasteiger partial charge in [0.05, 0.1) is 16.6 Å². The number of nitrogens with one attached hydrogen (secondary N) is 1. The molecule has 0 aliphatic rings. The van der Waals surface area contributed by atoms with Gasteiger partial charge in [-0.15, -0.1) is 0 Å². The van der Waals surface area contributed by atoms with Crippen molar-refractivity contribution in [3.63, 3.8) is 0 Å². The smallest absolute Gasteiger partial charge is 0.250 e. The third kappa shape index (κ3) is 3.56. The van der Waals surface area contributed by atoms with Crippen LogP contribution in [0.2, 0.25) is 10.0 Å². The second-order valence-corrected chi connectivity index (χ2v) is 4.02. The van der Waals surface area contributed by atoms with E-state index in [0.717, 1.165) is 0 Å². The molecule has 0 fully saturated rings. The summed E-state index contributed by atoms with van der Waals surface area (Å²) in [4.78, 5) is 0. The summed E-state index contributed by atoms with van der Waals surface area (Å²) < 4.78 is 24.1. The highest BCUT2D eigenvalue weighted by Crippen LogP contribution is 2.29. The SMILES string of the molecule is NCC(NCC(F)F)c1cccc(Cl)c1Cl. The van der Waals surface area contributed by atoms with Gasteiger partial charge in [0, 0.05) is 12.6 Å². The van der Waals surface area contributed by atoms with Gasteiger partial charge in [-0.2, -0.15) is 0 Å². The summed E-state index contributed by atoms with van der Waals surface area (Å²) in [6.07, 6.45) is -2.42. The molecule has 90 valence electrons. The van der Waals surface area contributed by atoms with Crippen molar-refractivity contribution in [2.24, 2.45) is 5.73 Å². The van der Waals surface area contributed by atoms with Crippen LogP contribution in [-0.2, 0) is 0 Å². The van der Waals surface area contributed by atoms with Crippen molar-refractivity contribution in [3.8, 4) is 0 Å². The van der Waals surface area contributed by atoms with E-state index in [-0.39, 0.29) is 6.54 Å². The molecule has 0 spiro atoms. The normalized spacial score (nSPS) is 13.1. The first-order chi connectivity index (χ1) is 7.56. The molecule has 6 heteroatoms. The van der Waals surface area contributed by atoms with Gasteiger partial charge in [0.2, 0.25) is 0 Å². The maximum absolute atomic E-state index is 12.1. The van der Waals surface area contributed by atoms with Crippen molar-refractivity contribution in [3.05, 3.63) is 33.8 Å². The van der Waals surface area contributed by atoms with Crippen molar-refractivity contribution in [1.82, 2.24) is 5.32 Å². The summed E-state index contributed by atoms with van der Waals surface area (Å²) in [6, 6.07) is 4.63. The van der Waals surface area contributed by atoms with Crippen LogP contribution in [0.4, 0.5) is 8.78 Å². The predicted molar refractivity (Wildman–Crippen MR) is 62.3 cm³/mol. The van der Waals surface area contributed by atoms with Crippen LogP contribution in [0.15, 0.2) is 18.2 Å². The molecule has 3 N–H and O–H groups in total. The van der Waals surface area contributed by atoms with E-state index in [9.17, 15) is 8.78 Å². The number of nitrogens with two attached hydrogens (primary N) is 1. The molecule has 0 saturated carbocycles. The van der Waals surface area contributed by atoms with Gasteiger partial charge < -0.3 is 11.1 Å². The van der Waals surface area contributed by atoms with E-state index in [0.29, 0.717) is 15.6 Å². The number of hydrogen-bond donors (Lipinski definition) is 2. The fourth-order valence-corrected chi connectivity index (χ4v) is 1.78. The Labute approximate surface area is 103 Å². The molecule has 0 heterocycles. The highest BCUT2D eigenvalue weighted by atomic mass is 35.5. The quantitative estimate of drug-likeness (QED) is 0.862. The zero-order valence-corrected chi connectivity index (χ0v) is 9.90. The molecular formula is C10H12Cl2F2N2. The van der Waals surface area contributed by atoms with E-state index in [2.05, 4.69) is 5.32 Å². The molecule has 1 aromatic rings. The van der Waals surface area contributed by atoms with Crippen molar-refractivity contribution in [2.45, 2.75) is 12.5 Å². The van der Waals surface area contributed by atoms with Gasteiger partial charge in [0.1, 0.15) is 0 Å². The number of benzene rings is 1. The van der Waals surface area contributed by atoms with Crippen LogP contribution in [0, 0.1) is 0 Å². The van der Waals surface area contributed by atoms with Crippen molar-refractivity contribution in [2.75, 3.05) is 13.1 Å². The molecule has 1 atom stereocenters. The zero-order valence-electron chi connectivity index (χ0n) is 8.39. The van der Waals surface area contributed by atoms with E-state index >= 15 is 0 Å². The molecule has 0 bridgehead atoms. The van der Waals surface area contributed by atoms with Crippen LogP contribution in [0.1, 0.15) is 11.6 Å². The van der Waals surface area contributed by atoms with Gasteiger partial charge in [-0.1, -0.05) is 35.3 Å². The molecule has 2 nitrogen and oxygen atoms in total. The summed E-state index contributed by atoms with van der Waals surface area (Å²) in [5.74, 6) is 0. The lowest BCUT2D eigenvalue weighted by Gasteiger charge is -2.18. The lowest BCUT2D eigenvalue weighted by Crippen LogP contribution is -2.32. The largest absolute Gasteiger partial charge is 0.329 e. The van der Waals surface area contributed by atoms with Crippen LogP contribution < -0.4 is 11.1 Å². The van der Waals surface area contributed by atoms with Crippen molar-refractivity contribution < 1.29 is 8.78 Å². The lowest BCUT2D eigenvalue weighted by atomic mass is 10.1. The van der Waals surface area contributed by atoms with E-state index < -0.39 is 19.0 Å². The molecule has 0 radical (unpaired) electrons. The summed E-state index contributed by atoms with van der Waals surface area (Å²) in [6.45, 7) is -0.252. The minimum Gasteiger partial charge on any atom is -0.329 e. The van der Waals surface area contributed by atoms with Crippen LogP contribution in [0.25, 0.3) is 0 Å². The number of alkyl halides is 2. The topological polar surface area (TPSA) is 38.0 Å². The first-order valence-electron chi connectivity index (χ1n) is 4.71. The maximum atomic E-state index is 12.1. The van der Waals surface area contributed by atoms with E-state index in [1.807, 2.05) is 0 Å². The molecule has 16 heavy (non-hydrogen) atoms. The van der Waals surface area contributed by atoms with Crippen molar-refractivity contribution in [1.29, 1.82) is 0 Å². The number of halogens is 4. The molecule has 1 rings (SSSR count). The van der Waals surface area contributed by atoms with Gasteiger partial charge in [0.15, 0.2) is 0 Å². The average Bonchev–Trinajstić information content (AvgIpc) is 2.24. The fraction of sp³-hybridized carbons (Fsp3) is 0.400. The highest BCUT2D eigenvalue weighted by molar-refractivity contribution is 6.42. The van der Waals surface area contributed by atoms with Crippen LogP contribution in [0.3, 0.4) is 0 Å². The molecular weight excluding hydrogens is 257 g/mol. The summed E-state index contributed by atoms with van der Waals surface area (Å²) in [5, 5.41) is 3.37. The Kier molecular flexibility index (Phi) is 5.41. The van der Waals surface area contributed by atoms with Crippen LogP contribution in [0.5, 0.6) is 0 Å². The van der Waals surface area contributed by atoms with Gasteiger partial charge in [0.25, 0.3) is 6.43 Å². The second kappa shape index (κ2) is 6.35. The molecule has 0 aromatic heterocycles. The van der Waals surface area contributed by atoms with Crippen LogP contribution in [-0.4, -0.2) is 19.5 Å². The Balaban J connectivity index is 2.82. The third-order valence-corrected chi connectivity index (χ3v) is 2.94. The van der Waals surface area contributed by atoms with Gasteiger partial charge in [-0.05, 0) is 11.6 Å². The maximum Gasteiger partial charge on any atom is 0.250 e. The van der Waals surface area contributed by atoms with Gasteiger partial charge in [-0.3, -0.25) is 0 Å². The molecule has 0 amide bonds. The second-order valence-electron chi connectivity index (χ2n) is 3.23. The van der Waals surface area contributed by atoms with E-state index in [4.69, 9.17) is 28.9 Å². The first-order valence-corrected chi connectivity index (χ1v) is 5.47. The fourth-order valence-electron chi connectivity index (χ4n) is 1.34. The summed E-state index contributed by atoms with van der Waals surface area (Å²) in [5.41, 5.74) is 6.14. The minimum absolute atomic E-state index is 0.173. The first kappa shape index (κ1) is 13.6. The molecule has 0 aliphatic carbocycles. The Morgan fingerprint density at radius 2 is 2.00 bits per heavy atom. The van der Waals surface area contributed by atoms with E-state index in [1.165, 1.54) is 0 Å². The Morgan fingerprint density at radius 1 is 1.31 bits per heavy atom.